The van der Waals surface area contributed by atoms with Crippen LogP contribution < -0.4 is 10.3 Å². The summed E-state index contributed by atoms with van der Waals surface area (Å²) in [5, 5.41) is 26.1. The molecule has 1 unspecified atom stereocenters. The molecular formula is C21H23ClN6O6. The van der Waals surface area contributed by atoms with Crippen LogP contribution in [-0.4, -0.2) is 63.5 Å². The minimum atomic E-state index is -0.949. The Hall–Kier alpha value is -3.74. The predicted octanol–water partition coefficient (Wildman–Crippen LogP) is 3.32. The van der Waals surface area contributed by atoms with Crippen LogP contribution in [0.4, 0.5) is 16.4 Å². The van der Waals surface area contributed by atoms with Crippen molar-refractivity contribution in [1.82, 2.24) is 15.4 Å². The number of hydrogen-bond donors (Lipinski definition) is 2. The van der Waals surface area contributed by atoms with Crippen LogP contribution in [0.5, 0.6) is 0 Å². The van der Waals surface area contributed by atoms with Crippen molar-refractivity contribution in [2.45, 2.75) is 25.6 Å². The van der Waals surface area contributed by atoms with Gasteiger partial charge >= 0.3 is 11.9 Å². The third-order valence-electron chi connectivity index (χ3n) is 5.17. The summed E-state index contributed by atoms with van der Waals surface area (Å²) in [6.07, 6.45) is 3.33. The number of hydroxylamine groups is 2. The van der Waals surface area contributed by atoms with Crippen molar-refractivity contribution in [2.24, 2.45) is 5.10 Å². The van der Waals surface area contributed by atoms with E-state index >= 15 is 0 Å². The highest BCUT2D eigenvalue weighted by Crippen LogP contribution is 2.37. The molecule has 34 heavy (non-hydrogen) atoms. The van der Waals surface area contributed by atoms with Crippen molar-refractivity contribution in [3.05, 3.63) is 63.4 Å². The summed E-state index contributed by atoms with van der Waals surface area (Å²) in [7, 11) is 1.43. The molecule has 0 radical (unpaired) electrons. The molecule has 3 rings (SSSR count). The van der Waals surface area contributed by atoms with Gasteiger partial charge in [-0.1, -0.05) is 11.6 Å². The Kier molecular flexibility index (Phi) is 7.35. The van der Waals surface area contributed by atoms with Crippen LogP contribution in [0.15, 0.2) is 52.0 Å². The van der Waals surface area contributed by atoms with Crippen LogP contribution in [0.1, 0.15) is 19.6 Å². The first-order valence-corrected chi connectivity index (χ1v) is 10.4. The van der Waals surface area contributed by atoms with Gasteiger partial charge < -0.3 is 14.5 Å². The van der Waals surface area contributed by atoms with Crippen LogP contribution >= 0.6 is 11.6 Å². The first-order chi connectivity index (χ1) is 16.0. The van der Waals surface area contributed by atoms with E-state index in [0.29, 0.717) is 10.7 Å². The Morgan fingerprint density at radius 1 is 1.35 bits per heavy atom. The zero-order chi connectivity index (χ0) is 25.0. The Labute approximate surface area is 199 Å². The van der Waals surface area contributed by atoms with Gasteiger partial charge in [0.15, 0.2) is 0 Å². The molecule has 2 N–H and O–H groups in total. The lowest BCUT2D eigenvalue weighted by molar-refractivity contribution is -0.402. The Balaban J connectivity index is 1.67. The zero-order valence-electron chi connectivity index (χ0n) is 18.6. The third-order valence-corrected chi connectivity index (χ3v) is 5.42. The lowest BCUT2D eigenvalue weighted by Crippen LogP contribution is -2.55. The standard InChI is InChI=1S/C21H23ClN6O6/c1-21(2)19(25(3)31)27(15-8-6-14(22)7-9-15)20(30)26(21)13-17(29)24-23-12-4-5-16-10-11-18(34-16)28(32)33/h4-12,19,31H,13H2,1-3H3,(H,24,29). The van der Waals surface area contributed by atoms with Crippen LogP contribution in [0.2, 0.25) is 5.02 Å². The summed E-state index contributed by atoms with van der Waals surface area (Å²) in [4.78, 5) is 38.4. The first kappa shape index (κ1) is 24.9. The summed E-state index contributed by atoms with van der Waals surface area (Å²) in [5.41, 5.74) is 1.88. The molecule has 1 aliphatic heterocycles. The molecule has 0 spiro atoms. The van der Waals surface area contributed by atoms with E-state index in [-0.39, 0.29) is 18.2 Å². The molecule has 13 heteroatoms. The molecule has 1 aliphatic rings. The smallest absolute Gasteiger partial charge is 0.401 e. The lowest BCUT2D eigenvalue weighted by atomic mass is 10.00. The molecule has 3 amide bonds. The Bertz CT molecular complexity index is 1130. The van der Waals surface area contributed by atoms with Gasteiger partial charge in [-0.25, -0.2) is 10.2 Å². The molecule has 1 aromatic carbocycles. The summed E-state index contributed by atoms with van der Waals surface area (Å²) in [5.74, 6) is -0.699. The van der Waals surface area contributed by atoms with Crippen molar-refractivity contribution in [1.29, 1.82) is 0 Å². The van der Waals surface area contributed by atoms with Crippen molar-refractivity contribution < 1.29 is 24.1 Å². The van der Waals surface area contributed by atoms with Gasteiger partial charge in [-0.05, 0) is 56.3 Å². The van der Waals surface area contributed by atoms with E-state index in [4.69, 9.17) is 16.0 Å². The number of anilines is 1. The monoisotopic (exact) mass is 490 g/mol. The van der Waals surface area contributed by atoms with Crippen LogP contribution in [0.3, 0.4) is 0 Å². The van der Waals surface area contributed by atoms with E-state index in [9.17, 15) is 24.9 Å². The molecule has 12 nitrogen and oxygen atoms in total. The second-order valence-electron chi connectivity index (χ2n) is 7.92. The minimum absolute atomic E-state index is 0.246. The van der Waals surface area contributed by atoms with Crippen molar-refractivity contribution in [3.63, 3.8) is 0 Å². The number of amides is 3. The number of carbonyl (C=O) groups is 2. The fraction of sp³-hybridized carbons (Fsp3) is 0.286. The van der Waals surface area contributed by atoms with Crippen molar-refractivity contribution in [3.8, 4) is 0 Å². The molecule has 2 heterocycles. The number of urea groups is 1. The predicted molar refractivity (Wildman–Crippen MR) is 124 cm³/mol. The van der Waals surface area contributed by atoms with E-state index < -0.39 is 28.6 Å². The summed E-state index contributed by atoms with van der Waals surface area (Å²) in [6, 6.07) is 8.73. The topological polar surface area (TPSA) is 145 Å². The van der Waals surface area contributed by atoms with Gasteiger partial charge in [0.2, 0.25) is 0 Å². The number of hydrogen-bond acceptors (Lipinski definition) is 8. The lowest BCUT2D eigenvalue weighted by Gasteiger charge is -2.37. The minimum Gasteiger partial charge on any atom is -0.401 e. The van der Waals surface area contributed by atoms with Gasteiger partial charge in [-0.3, -0.25) is 19.8 Å². The zero-order valence-corrected chi connectivity index (χ0v) is 19.3. The number of carbonyl (C=O) groups excluding carboxylic acids is 2. The quantitative estimate of drug-likeness (QED) is 0.328. The number of hydrazone groups is 1. The molecule has 1 saturated heterocycles. The maximum Gasteiger partial charge on any atom is 0.433 e. The SMILES string of the molecule is CN(O)C1N(c2ccc(Cl)cc2)C(=O)N(CC(=O)NN=CC=Cc2ccc([N+](=O)[O-])o2)C1(C)C. The molecule has 0 aliphatic carbocycles. The second-order valence-corrected chi connectivity index (χ2v) is 8.36. The molecule has 1 aromatic heterocycles. The number of benzene rings is 1. The molecular weight excluding hydrogens is 468 g/mol. The number of allylic oxidation sites excluding steroid dienone is 1. The number of furan rings is 1. The largest absolute Gasteiger partial charge is 0.433 e. The molecule has 180 valence electrons. The van der Waals surface area contributed by atoms with Gasteiger partial charge in [-0.2, -0.15) is 10.2 Å². The number of nitrogens with zero attached hydrogens (tertiary/aromatic N) is 5. The van der Waals surface area contributed by atoms with Gasteiger partial charge in [-0.15, -0.1) is 0 Å². The van der Waals surface area contributed by atoms with E-state index in [1.54, 1.807) is 38.1 Å². The summed E-state index contributed by atoms with van der Waals surface area (Å²) < 4.78 is 4.96. The molecule has 0 bridgehead atoms. The maximum atomic E-state index is 13.2. The number of nitrogens with one attached hydrogen (secondary N) is 1. The number of rotatable bonds is 8. The van der Waals surface area contributed by atoms with Gasteiger partial charge in [0.1, 0.15) is 23.4 Å². The Morgan fingerprint density at radius 2 is 2.03 bits per heavy atom. The average molecular weight is 491 g/mol. The first-order valence-electron chi connectivity index (χ1n) is 10.0. The van der Waals surface area contributed by atoms with E-state index in [2.05, 4.69) is 10.5 Å². The highest BCUT2D eigenvalue weighted by molar-refractivity contribution is 6.30. The summed E-state index contributed by atoms with van der Waals surface area (Å²) >= 11 is 5.95. The van der Waals surface area contributed by atoms with Gasteiger partial charge in [0.25, 0.3) is 5.91 Å². The molecule has 1 atom stereocenters. The fourth-order valence-corrected chi connectivity index (χ4v) is 3.81. The van der Waals surface area contributed by atoms with Crippen molar-refractivity contribution in [2.75, 3.05) is 18.5 Å². The van der Waals surface area contributed by atoms with Crippen LogP contribution in [-0.2, 0) is 4.79 Å². The highest BCUT2D eigenvalue weighted by atomic mass is 35.5. The van der Waals surface area contributed by atoms with E-state index in [1.807, 2.05) is 0 Å². The number of nitro groups is 1. The third kappa shape index (κ3) is 5.25. The highest BCUT2D eigenvalue weighted by Gasteiger charge is 2.54. The van der Waals surface area contributed by atoms with Crippen LogP contribution in [0.25, 0.3) is 6.08 Å². The number of halogens is 1. The van der Waals surface area contributed by atoms with Crippen LogP contribution in [0, 0.1) is 10.1 Å². The normalized spacial score (nSPS) is 17.9. The molecule has 1 fully saturated rings. The van der Waals surface area contributed by atoms with E-state index in [1.165, 1.54) is 47.3 Å². The van der Waals surface area contributed by atoms with E-state index in [0.717, 1.165) is 5.06 Å². The maximum absolute atomic E-state index is 13.2. The molecule has 2 aromatic rings. The second kappa shape index (κ2) is 10.0. The number of likely N-dealkylation sites (N-methyl/N-ethyl adjacent to an activating group) is 1. The average Bonchev–Trinajstić information content (AvgIpc) is 3.31. The fourth-order valence-electron chi connectivity index (χ4n) is 3.68. The van der Waals surface area contributed by atoms with Gasteiger partial charge in [0.05, 0.1) is 11.6 Å². The Morgan fingerprint density at radius 3 is 2.62 bits per heavy atom. The summed E-state index contributed by atoms with van der Waals surface area (Å²) in [6.45, 7) is 3.16. The molecule has 0 saturated carbocycles. The van der Waals surface area contributed by atoms with Crippen molar-refractivity contribution >= 4 is 47.4 Å². The van der Waals surface area contributed by atoms with Gasteiger partial charge in [0, 0.05) is 24.0 Å².